The molecule has 0 unspecified atom stereocenters. The number of carbonyl (C=O) groups is 2. The van der Waals surface area contributed by atoms with Gasteiger partial charge in [0.05, 0.1) is 23.9 Å². The van der Waals surface area contributed by atoms with Crippen molar-refractivity contribution in [1.29, 1.82) is 0 Å². The molecule has 4 aromatic rings. The Morgan fingerprint density at radius 3 is 2.60 bits per heavy atom. The van der Waals surface area contributed by atoms with Gasteiger partial charge in [0.15, 0.2) is 0 Å². The molecule has 0 aliphatic carbocycles. The van der Waals surface area contributed by atoms with Gasteiger partial charge in [0.1, 0.15) is 5.69 Å². The van der Waals surface area contributed by atoms with Gasteiger partial charge in [-0.1, -0.05) is 42.5 Å². The standard InChI is InChI=1S/C27H29N5O3/c1-19-25(23-13-7-8-17-32(23)30-19)27(34)31(2)21(18-20-10-5-4-6-11-20)15-16-28-26(33)22-12-9-14-24(29-22)35-3/h4-14,17,21H,15-16,18H2,1-3H3,(H,28,33)/t21-/m1/s1. The quantitative estimate of drug-likeness (QED) is 0.403. The summed E-state index contributed by atoms with van der Waals surface area (Å²) in [5, 5.41) is 7.41. The van der Waals surface area contributed by atoms with Crippen molar-refractivity contribution >= 4 is 17.3 Å². The fourth-order valence-electron chi connectivity index (χ4n) is 4.14. The number of hydrogen-bond acceptors (Lipinski definition) is 5. The summed E-state index contributed by atoms with van der Waals surface area (Å²) in [4.78, 5) is 32.2. The molecule has 1 aromatic carbocycles. The van der Waals surface area contributed by atoms with Crippen LogP contribution in [0.3, 0.4) is 0 Å². The summed E-state index contributed by atoms with van der Waals surface area (Å²) in [7, 11) is 3.32. The van der Waals surface area contributed by atoms with E-state index in [9.17, 15) is 9.59 Å². The smallest absolute Gasteiger partial charge is 0.270 e. The molecule has 35 heavy (non-hydrogen) atoms. The summed E-state index contributed by atoms with van der Waals surface area (Å²) in [6.45, 7) is 2.24. The third kappa shape index (κ3) is 5.48. The Morgan fingerprint density at radius 1 is 1.06 bits per heavy atom. The Labute approximate surface area is 204 Å². The number of nitrogens with one attached hydrogen (secondary N) is 1. The van der Waals surface area contributed by atoms with Crippen LogP contribution in [0.5, 0.6) is 5.88 Å². The number of pyridine rings is 2. The molecular formula is C27H29N5O3. The Balaban J connectivity index is 1.51. The summed E-state index contributed by atoms with van der Waals surface area (Å²) in [5.74, 6) is 0.00828. The third-order valence-electron chi connectivity index (χ3n) is 6.04. The lowest BCUT2D eigenvalue weighted by Crippen LogP contribution is -2.41. The van der Waals surface area contributed by atoms with Crippen LogP contribution in [0, 0.1) is 6.92 Å². The van der Waals surface area contributed by atoms with Gasteiger partial charge >= 0.3 is 0 Å². The van der Waals surface area contributed by atoms with Gasteiger partial charge < -0.3 is 15.0 Å². The molecular weight excluding hydrogens is 442 g/mol. The number of rotatable bonds is 9. The summed E-state index contributed by atoms with van der Waals surface area (Å²) in [6.07, 6.45) is 3.07. The van der Waals surface area contributed by atoms with Gasteiger partial charge in [-0.25, -0.2) is 9.50 Å². The zero-order valence-electron chi connectivity index (χ0n) is 20.1. The van der Waals surface area contributed by atoms with E-state index in [4.69, 9.17) is 4.74 Å². The Bertz CT molecular complexity index is 1320. The van der Waals surface area contributed by atoms with Gasteiger partial charge in [-0.05, 0) is 43.5 Å². The summed E-state index contributed by atoms with van der Waals surface area (Å²) < 4.78 is 6.83. The number of nitrogens with zero attached hydrogens (tertiary/aromatic N) is 4. The molecule has 0 saturated carbocycles. The van der Waals surface area contributed by atoms with Crippen LogP contribution in [0.1, 0.15) is 38.5 Å². The topological polar surface area (TPSA) is 88.8 Å². The maximum Gasteiger partial charge on any atom is 0.270 e. The molecule has 0 saturated heterocycles. The fraction of sp³-hybridized carbons (Fsp3) is 0.259. The highest BCUT2D eigenvalue weighted by molar-refractivity contribution is 6.02. The number of amides is 2. The maximum atomic E-state index is 13.6. The van der Waals surface area contributed by atoms with E-state index in [1.54, 1.807) is 27.6 Å². The molecule has 8 nitrogen and oxygen atoms in total. The van der Waals surface area contributed by atoms with Crippen LogP contribution in [0.15, 0.2) is 72.9 Å². The minimum absolute atomic E-state index is 0.0922. The number of ether oxygens (including phenoxy) is 1. The van der Waals surface area contributed by atoms with Crippen molar-refractivity contribution in [2.75, 3.05) is 20.7 Å². The summed E-state index contributed by atoms with van der Waals surface area (Å²) >= 11 is 0. The van der Waals surface area contributed by atoms with E-state index in [2.05, 4.69) is 15.4 Å². The van der Waals surface area contributed by atoms with Crippen LogP contribution in [0.25, 0.3) is 5.52 Å². The van der Waals surface area contributed by atoms with E-state index in [1.807, 2.05) is 68.7 Å². The highest BCUT2D eigenvalue weighted by Gasteiger charge is 2.26. The van der Waals surface area contributed by atoms with Crippen LogP contribution in [0.4, 0.5) is 0 Å². The number of benzene rings is 1. The number of aromatic nitrogens is 3. The van der Waals surface area contributed by atoms with Crippen molar-refractivity contribution in [2.24, 2.45) is 0 Å². The monoisotopic (exact) mass is 471 g/mol. The number of methoxy groups -OCH3 is 1. The SMILES string of the molecule is COc1cccc(C(=O)NCC[C@H](Cc2ccccc2)N(C)C(=O)c2c(C)nn3ccccc23)n1. The van der Waals surface area contributed by atoms with Crippen molar-refractivity contribution in [3.8, 4) is 5.88 Å². The molecule has 0 bridgehead atoms. The lowest BCUT2D eigenvalue weighted by molar-refractivity contribution is 0.0724. The fourth-order valence-corrected chi connectivity index (χ4v) is 4.14. The average molecular weight is 472 g/mol. The van der Waals surface area contributed by atoms with E-state index in [0.29, 0.717) is 36.5 Å². The predicted octanol–water partition coefficient (Wildman–Crippen LogP) is 3.55. The molecule has 0 fully saturated rings. The average Bonchev–Trinajstić information content (AvgIpc) is 3.23. The first-order chi connectivity index (χ1) is 17.0. The number of likely N-dealkylation sites (N-methyl/N-ethyl adjacent to an activating group) is 1. The van der Waals surface area contributed by atoms with E-state index < -0.39 is 0 Å². The largest absolute Gasteiger partial charge is 0.481 e. The molecule has 1 atom stereocenters. The second kappa shape index (κ2) is 10.8. The second-order valence-corrected chi connectivity index (χ2v) is 8.36. The maximum absolute atomic E-state index is 13.6. The molecule has 3 aromatic heterocycles. The van der Waals surface area contributed by atoms with Crippen LogP contribution >= 0.6 is 0 Å². The molecule has 180 valence electrons. The van der Waals surface area contributed by atoms with Crippen molar-refractivity contribution < 1.29 is 14.3 Å². The van der Waals surface area contributed by atoms with Crippen molar-refractivity contribution in [3.63, 3.8) is 0 Å². The number of fused-ring (bicyclic) bond motifs is 1. The lowest BCUT2D eigenvalue weighted by Gasteiger charge is -2.29. The molecule has 0 aliphatic rings. The normalized spacial score (nSPS) is 11.7. The van der Waals surface area contributed by atoms with Gasteiger partial charge in [0.25, 0.3) is 11.8 Å². The van der Waals surface area contributed by atoms with Gasteiger partial charge in [-0.2, -0.15) is 5.10 Å². The molecule has 0 radical (unpaired) electrons. The van der Waals surface area contributed by atoms with Crippen LogP contribution in [0.2, 0.25) is 0 Å². The van der Waals surface area contributed by atoms with Gasteiger partial charge in [0, 0.05) is 31.9 Å². The molecule has 8 heteroatoms. The third-order valence-corrected chi connectivity index (χ3v) is 6.04. The minimum Gasteiger partial charge on any atom is -0.481 e. The zero-order chi connectivity index (χ0) is 24.8. The first kappa shape index (κ1) is 23.9. The molecule has 1 N–H and O–H groups in total. The predicted molar refractivity (Wildman–Crippen MR) is 134 cm³/mol. The Hall–Kier alpha value is -4.20. The van der Waals surface area contributed by atoms with Crippen LogP contribution in [-0.2, 0) is 6.42 Å². The second-order valence-electron chi connectivity index (χ2n) is 8.36. The first-order valence-electron chi connectivity index (χ1n) is 11.5. The molecule has 0 aliphatic heterocycles. The van der Waals surface area contributed by atoms with Crippen molar-refractivity contribution in [2.45, 2.75) is 25.8 Å². The number of aryl methyl sites for hydroxylation is 1. The number of hydrogen-bond donors (Lipinski definition) is 1. The first-order valence-corrected chi connectivity index (χ1v) is 11.5. The Morgan fingerprint density at radius 2 is 1.83 bits per heavy atom. The highest BCUT2D eigenvalue weighted by Crippen LogP contribution is 2.20. The van der Waals surface area contributed by atoms with Gasteiger partial charge in [-0.15, -0.1) is 0 Å². The summed E-state index contributed by atoms with van der Waals surface area (Å²) in [6, 6.07) is 20.6. The molecule has 3 heterocycles. The van der Waals surface area contributed by atoms with Gasteiger partial charge in [0.2, 0.25) is 5.88 Å². The molecule has 0 spiro atoms. The van der Waals surface area contributed by atoms with E-state index in [1.165, 1.54) is 7.11 Å². The summed E-state index contributed by atoms with van der Waals surface area (Å²) in [5.41, 5.74) is 3.46. The zero-order valence-corrected chi connectivity index (χ0v) is 20.1. The number of carbonyl (C=O) groups excluding carboxylic acids is 2. The van der Waals surface area contributed by atoms with Crippen molar-refractivity contribution in [3.05, 3.63) is 95.4 Å². The Kier molecular flexibility index (Phi) is 7.40. The van der Waals surface area contributed by atoms with Crippen LogP contribution < -0.4 is 10.1 Å². The van der Waals surface area contributed by atoms with Crippen LogP contribution in [-0.4, -0.2) is 58.1 Å². The van der Waals surface area contributed by atoms with E-state index in [-0.39, 0.29) is 23.6 Å². The van der Waals surface area contributed by atoms with E-state index in [0.717, 1.165) is 11.1 Å². The molecule has 2 amide bonds. The highest BCUT2D eigenvalue weighted by atomic mass is 16.5. The van der Waals surface area contributed by atoms with Gasteiger partial charge in [-0.3, -0.25) is 9.59 Å². The van der Waals surface area contributed by atoms with Crippen molar-refractivity contribution in [1.82, 2.24) is 24.8 Å². The minimum atomic E-state index is -0.283. The lowest BCUT2D eigenvalue weighted by atomic mass is 10.0. The van der Waals surface area contributed by atoms with E-state index >= 15 is 0 Å². The molecule has 4 rings (SSSR count).